The lowest BCUT2D eigenvalue weighted by Crippen LogP contribution is -2.36. The molecule has 6 rings (SSSR count). The molecule has 2 aromatic heterocycles. The number of esters is 1. The van der Waals surface area contributed by atoms with Gasteiger partial charge in [0.05, 0.1) is 48.9 Å². The topological polar surface area (TPSA) is 83.6 Å². The number of aryl methyl sites for hydroxylation is 1. The molecule has 4 aromatic rings. The van der Waals surface area contributed by atoms with Crippen molar-refractivity contribution in [1.82, 2.24) is 24.2 Å². The molecule has 0 radical (unpaired) electrons. The van der Waals surface area contributed by atoms with Gasteiger partial charge in [-0.15, -0.1) is 5.10 Å². The minimum absolute atomic E-state index is 0.190. The zero-order valence-corrected chi connectivity index (χ0v) is 22.6. The number of rotatable bonds is 9. The van der Waals surface area contributed by atoms with Crippen molar-refractivity contribution < 1.29 is 19.0 Å². The monoisotopic (exact) mass is 529 g/mol. The van der Waals surface area contributed by atoms with Crippen molar-refractivity contribution >= 4 is 17.0 Å². The van der Waals surface area contributed by atoms with Crippen LogP contribution in [-0.2, 0) is 29.2 Å². The molecule has 0 bridgehead atoms. The molecule has 1 atom stereocenters. The maximum atomic E-state index is 12.2. The Labute approximate surface area is 228 Å². The number of likely N-dealkylation sites (tertiary alicyclic amines) is 1. The minimum atomic E-state index is -0.337. The maximum Gasteiger partial charge on any atom is 0.337 e. The van der Waals surface area contributed by atoms with Gasteiger partial charge in [-0.1, -0.05) is 30.3 Å². The summed E-state index contributed by atoms with van der Waals surface area (Å²) < 4.78 is 21.0. The molecule has 2 fully saturated rings. The number of nitrogens with zero attached hydrogens (tertiary/aromatic N) is 5. The highest BCUT2D eigenvalue weighted by Gasteiger charge is 2.26. The van der Waals surface area contributed by atoms with Crippen molar-refractivity contribution in [3.63, 3.8) is 0 Å². The highest BCUT2D eigenvalue weighted by atomic mass is 16.5. The van der Waals surface area contributed by atoms with Gasteiger partial charge in [0.15, 0.2) is 0 Å². The molecular formula is C30H35N5O4. The van der Waals surface area contributed by atoms with Crippen LogP contribution < -0.4 is 4.74 Å². The second kappa shape index (κ2) is 11.2. The van der Waals surface area contributed by atoms with Crippen molar-refractivity contribution in [2.75, 3.05) is 26.8 Å². The first-order valence-corrected chi connectivity index (χ1v) is 13.7. The fourth-order valence-electron chi connectivity index (χ4n) is 5.44. The van der Waals surface area contributed by atoms with Gasteiger partial charge in [0.2, 0.25) is 5.88 Å². The number of fused-ring (bicyclic) bond motifs is 1. The van der Waals surface area contributed by atoms with E-state index in [4.69, 9.17) is 24.3 Å². The lowest BCUT2D eigenvalue weighted by Gasteiger charge is -2.32. The summed E-state index contributed by atoms with van der Waals surface area (Å²) in [4.78, 5) is 19.6. The number of imidazole rings is 1. The molecule has 0 spiro atoms. The average molecular weight is 530 g/mol. The summed E-state index contributed by atoms with van der Waals surface area (Å²) in [6, 6.07) is 16.1. The summed E-state index contributed by atoms with van der Waals surface area (Å²) in [6.45, 7) is 6.79. The van der Waals surface area contributed by atoms with Crippen LogP contribution in [0.5, 0.6) is 5.88 Å². The molecule has 4 heterocycles. The van der Waals surface area contributed by atoms with E-state index in [2.05, 4.69) is 39.4 Å². The van der Waals surface area contributed by atoms with E-state index >= 15 is 0 Å². The predicted molar refractivity (Wildman–Crippen MR) is 147 cm³/mol. The number of hydrogen-bond donors (Lipinski definition) is 0. The molecule has 2 aliphatic rings. The van der Waals surface area contributed by atoms with E-state index in [1.165, 1.54) is 7.11 Å². The number of piperidine rings is 1. The molecule has 39 heavy (non-hydrogen) atoms. The van der Waals surface area contributed by atoms with Crippen LogP contribution in [0.15, 0.2) is 54.7 Å². The van der Waals surface area contributed by atoms with E-state index in [9.17, 15) is 4.79 Å². The zero-order chi connectivity index (χ0) is 26.8. The van der Waals surface area contributed by atoms with Crippen LogP contribution in [0.3, 0.4) is 0 Å². The zero-order valence-electron chi connectivity index (χ0n) is 22.6. The maximum absolute atomic E-state index is 12.2. The molecule has 204 valence electrons. The molecule has 0 amide bonds. The van der Waals surface area contributed by atoms with Gasteiger partial charge >= 0.3 is 5.97 Å². The molecule has 0 aliphatic carbocycles. The Morgan fingerprint density at radius 2 is 1.90 bits per heavy atom. The first kappa shape index (κ1) is 25.6. The summed E-state index contributed by atoms with van der Waals surface area (Å²) in [5.41, 5.74) is 4.58. The third-order valence-corrected chi connectivity index (χ3v) is 7.81. The van der Waals surface area contributed by atoms with Crippen molar-refractivity contribution in [3.8, 4) is 5.88 Å². The van der Waals surface area contributed by atoms with E-state index in [1.807, 2.05) is 30.3 Å². The number of carbonyl (C=O) groups is 1. The highest BCUT2D eigenvalue weighted by Crippen LogP contribution is 2.28. The second-order valence-electron chi connectivity index (χ2n) is 10.5. The molecule has 1 unspecified atom stereocenters. The number of hydrogen-bond acceptors (Lipinski definition) is 7. The second-order valence-corrected chi connectivity index (χ2v) is 10.5. The van der Waals surface area contributed by atoms with Crippen LogP contribution in [-0.4, -0.2) is 63.1 Å². The molecule has 0 saturated carbocycles. The van der Waals surface area contributed by atoms with Crippen molar-refractivity contribution in [1.29, 1.82) is 0 Å². The van der Waals surface area contributed by atoms with Gasteiger partial charge in [-0.05, 0) is 49.9 Å². The molecule has 2 saturated heterocycles. The van der Waals surface area contributed by atoms with E-state index < -0.39 is 0 Å². The molecule has 2 aliphatic heterocycles. The quantitative estimate of drug-likeness (QED) is 0.295. The Kier molecular flexibility index (Phi) is 7.34. The predicted octanol–water partition coefficient (Wildman–Crippen LogP) is 4.53. The number of carbonyl (C=O) groups excluding carboxylic acids is 1. The minimum Gasteiger partial charge on any atom is -0.472 e. The van der Waals surface area contributed by atoms with Gasteiger partial charge in [0, 0.05) is 31.5 Å². The third kappa shape index (κ3) is 5.55. The SMILES string of the molecule is COC(=O)c1ccc2nc(CN3CCC(n4cc(C)c(OCc5ccccc5)n4)CC3)n(CC3CCO3)c2c1. The van der Waals surface area contributed by atoms with Crippen molar-refractivity contribution in [2.45, 2.75) is 58.0 Å². The normalized spacial score (nSPS) is 18.3. The van der Waals surface area contributed by atoms with Gasteiger partial charge in [0.1, 0.15) is 12.4 Å². The van der Waals surface area contributed by atoms with Crippen LogP contribution in [0.1, 0.15) is 52.6 Å². The van der Waals surface area contributed by atoms with Gasteiger partial charge in [-0.3, -0.25) is 9.58 Å². The fourth-order valence-corrected chi connectivity index (χ4v) is 5.44. The summed E-state index contributed by atoms with van der Waals surface area (Å²) in [5.74, 6) is 1.38. The van der Waals surface area contributed by atoms with E-state index in [0.717, 1.165) is 80.0 Å². The summed E-state index contributed by atoms with van der Waals surface area (Å²) in [7, 11) is 1.41. The lowest BCUT2D eigenvalue weighted by molar-refractivity contribution is -0.0592. The van der Waals surface area contributed by atoms with Crippen LogP contribution >= 0.6 is 0 Å². The number of aromatic nitrogens is 4. The Morgan fingerprint density at radius 1 is 1.10 bits per heavy atom. The van der Waals surface area contributed by atoms with E-state index in [0.29, 0.717) is 24.1 Å². The van der Waals surface area contributed by atoms with Crippen LogP contribution in [0.2, 0.25) is 0 Å². The van der Waals surface area contributed by atoms with Crippen LogP contribution in [0.4, 0.5) is 0 Å². The lowest BCUT2D eigenvalue weighted by atomic mass is 10.1. The fraction of sp³-hybridized carbons (Fsp3) is 0.433. The smallest absolute Gasteiger partial charge is 0.337 e. The van der Waals surface area contributed by atoms with Gasteiger partial charge in [0.25, 0.3) is 0 Å². The standard InChI is InChI=1S/C30H35N5O4/c1-21-17-35(32-29(21)39-20-22-6-4-3-5-7-22)24-10-13-33(14-11-24)19-28-31-26-9-8-23(30(36)37-2)16-27(26)34(28)18-25-12-15-38-25/h3-9,16-17,24-25H,10-15,18-20H2,1-2H3. The molecule has 9 heteroatoms. The average Bonchev–Trinajstić information content (AvgIpc) is 3.48. The Balaban J connectivity index is 1.12. The van der Waals surface area contributed by atoms with Gasteiger partial charge < -0.3 is 18.8 Å². The summed E-state index contributed by atoms with van der Waals surface area (Å²) >= 11 is 0. The Morgan fingerprint density at radius 3 is 2.62 bits per heavy atom. The van der Waals surface area contributed by atoms with Gasteiger partial charge in [-0.2, -0.15) is 0 Å². The van der Waals surface area contributed by atoms with Crippen molar-refractivity contribution in [3.05, 3.63) is 77.2 Å². The number of methoxy groups -OCH3 is 1. The van der Waals surface area contributed by atoms with Crippen LogP contribution in [0, 0.1) is 6.92 Å². The number of ether oxygens (including phenoxy) is 3. The largest absolute Gasteiger partial charge is 0.472 e. The molecule has 0 N–H and O–H groups in total. The first-order chi connectivity index (χ1) is 19.1. The summed E-state index contributed by atoms with van der Waals surface area (Å²) in [5, 5.41) is 4.79. The van der Waals surface area contributed by atoms with Crippen molar-refractivity contribution in [2.24, 2.45) is 0 Å². The first-order valence-electron chi connectivity index (χ1n) is 13.7. The Hall–Kier alpha value is -3.69. The molecule has 2 aromatic carbocycles. The van der Waals surface area contributed by atoms with Crippen LogP contribution in [0.25, 0.3) is 11.0 Å². The number of benzene rings is 2. The molecule has 9 nitrogen and oxygen atoms in total. The summed E-state index contributed by atoms with van der Waals surface area (Å²) in [6.07, 6.45) is 5.36. The highest BCUT2D eigenvalue weighted by molar-refractivity contribution is 5.93. The van der Waals surface area contributed by atoms with Gasteiger partial charge in [-0.25, -0.2) is 9.78 Å². The Bertz CT molecular complexity index is 1430. The van der Waals surface area contributed by atoms with E-state index in [-0.39, 0.29) is 12.1 Å². The molecular weight excluding hydrogens is 494 g/mol. The van der Waals surface area contributed by atoms with E-state index in [1.54, 1.807) is 6.07 Å². The third-order valence-electron chi connectivity index (χ3n) is 7.81.